The van der Waals surface area contributed by atoms with E-state index in [0.29, 0.717) is 30.2 Å². The van der Waals surface area contributed by atoms with Gasteiger partial charge in [-0.15, -0.1) is 0 Å². The van der Waals surface area contributed by atoms with Gasteiger partial charge in [0.15, 0.2) is 6.61 Å². The summed E-state index contributed by atoms with van der Waals surface area (Å²) in [6.07, 6.45) is 2.86. The predicted octanol–water partition coefficient (Wildman–Crippen LogP) is 4.98. The van der Waals surface area contributed by atoms with Crippen LogP contribution in [0, 0.1) is 0 Å². The highest BCUT2D eigenvalue weighted by atomic mass is 35.5. The molecule has 1 saturated heterocycles. The van der Waals surface area contributed by atoms with Crippen LogP contribution >= 0.6 is 11.6 Å². The molecule has 10 heteroatoms. The van der Waals surface area contributed by atoms with Crippen molar-refractivity contribution in [2.24, 2.45) is 0 Å². The highest BCUT2D eigenvalue weighted by Gasteiger charge is 2.28. The summed E-state index contributed by atoms with van der Waals surface area (Å²) in [5.41, 5.74) is 1.95. The zero-order chi connectivity index (χ0) is 29.4. The van der Waals surface area contributed by atoms with Crippen LogP contribution in [0.2, 0.25) is 5.02 Å². The number of benzene rings is 2. The Bertz CT molecular complexity index is 1220. The number of likely N-dealkylation sites (tertiary alicyclic amines) is 1. The highest BCUT2D eigenvalue weighted by molar-refractivity contribution is 6.31. The number of piperidine rings is 1. The number of alkyl carbamates (subject to hydrolysis) is 1. The van der Waals surface area contributed by atoms with E-state index in [1.54, 1.807) is 6.07 Å². The van der Waals surface area contributed by atoms with Gasteiger partial charge in [0.05, 0.1) is 5.69 Å². The van der Waals surface area contributed by atoms with Crippen LogP contribution in [0.5, 0.6) is 5.75 Å². The predicted molar refractivity (Wildman–Crippen MR) is 160 cm³/mol. The first kappa shape index (κ1) is 30.7. The van der Waals surface area contributed by atoms with Crippen LogP contribution in [0.1, 0.15) is 68.3 Å². The number of nitrogens with one attached hydrogen (secondary N) is 2. The maximum absolute atomic E-state index is 13.1. The minimum atomic E-state index is -0.528. The number of carbonyl (C=O) groups excluding carboxylic acids is 3. The van der Waals surface area contributed by atoms with E-state index in [1.165, 1.54) is 0 Å². The van der Waals surface area contributed by atoms with Gasteiger partial charge in [-0.25, -0.2) is 4.79 Å². The van der Waals surface area contributed by atoms with Crippen LogP contribution in [0.15, 0.2) is 42.5 Å². The molecule has 0 aromatic heterocycles. The van der Waals surface area contributed by atoms with Gasteiger partial charge in [-0.1, -0.05) is 29.8 Å². The Labute approximate surface area is 247 Å². The first-order valence-corrected chi connectivity index (χ1v) is 14.8. The third-order valence-electron chi connectivity index (χ3n) is 7.29. The summed E-state index contributed by atoms with van der Waals surface area (Å²) in [5, 5.41) is 6.28. The smallest absolute Gasteiger partial charge is 0.407 e. The van der Waals surface area contributed by atoms with Gasteiger partial charge < -0.3 is 29.9 Å². The van der Waals surface area contributed by atoms with Crippen LogP contribution in [-0.4, -0.2) is 74.3 Å². The number of nitrogens with zero attached hydrogens (tertiary/aromatic N) is 2. The quantitative estimate of drug-likeness (QED) is 0.382. The molecule has 2 N–H and O–H groups in total. The van der Waals surface area contributed by atoms with E-state index in [2.05, 4.69) is 15.5 Å². The lowest BCUT2D eigenvalue weighted by Crippen LogP contribution is -2.45. The Kier molecular flexibility index (Phi) is 10.5. The topological polar surface area (TPSA) is 100 Å². The van der Waals surface area contributed by atoms with Gasteiger partial charge in [0.2, 0.25) is 0 Å². The number of fused-ring (bicyclic) bond motifs is 1. The third-order valence-corrected chi connectivity index (χ3v) is 7.53. The molecule has 2 aliphatic rings. The van der Waals surface area contributed by atoms with E-state index in [1.807, 2.05) is 62.1 Å². The zero-order valence-corrected chi connectivity index (χ0v) is 25.0. The van der Waals surface area contributed by atoms with Crippen molar-refractivity contribution in [3.63, 3.8) is 0 Å². The van der Waals surface area contributed by atoms with Gasteiger partial charge in [0, 0.05) is 36.8 Å². The number of rotatable bonds is 10. The molecular weight excluding hydrogens is 544 g/mol. The molecule has 0 unspecified atom stereocenters. The van der Waals surface area contributed by atoms with Crippen molar-refractivity contribution in [1.29, 1.82) is 0 Å². The van der Waals surface area contributed by atoms with Gasteiger partial charge in [-0.05, 0) is 95.3 Å². The van der Waals surface area contributed by atoms with E-state index in [-0.39, 0.29) is 24.3 Å². The molecule has 2 aliphatic heterocycles. The zero-order valence-electron chi connectivity index (χ0n) is 24.2. The largest absolute Gasteiger partial charge is 0.482 e. The Balaban J connectivity index is 1.23. The van der Waals surface area contributed by atoms with E-state index < -0.39 is 11.7 Å². The van der Waals surface area contributed by atoms with Crippen molar-refractivity contribution in [3.05, 3.63) is 58.6 Å². The molecule has 1 fully saturated rings. The molecule has 0 spiro atoms. The van der Waals surface area contributed by atoms with Crippen LogP contribution in [-0.2, 0) is 9.53 Å². The summed E-state index contributed by atoms with van der Waals surface area (Å²) < 4.78 is 10.8. The molecule has 41 heavy (non-hydrogen) atoms. The van der Waals surface area contributed by atoms with Gasteiger partial charge >= 0.3 is 6.09 Å². The molecule has 222 valence electrons. The minimum Gasteiger partial charge on any atom is -0.482 e. The Morgan fingerprint density at radius 2 is 1.73 bits per heavy atom. The highest BCUT2D eigenvalue weighted by Crippen LogP contribution is 2.33. The number of unbranched alkanes of at least 4 members (excludes halogenated alkanes) is 1. The summed E-state index contributed by atoms with van der Waals surface area (Å²) in [5.74, 6) is 0.856. The Morgan fingerprint density at radius 3 is 2.46 bits per heavy atom. The lowest BCUT2D eigenvalue weighted by Gasteiger charge is -2.35. The summed E-state index contributed by atoms with van der Waals surface area (Å²) in [6, 6.07) is 13.2. The second kappa shape index (κ2) is 14.0. The second-order valence-corrected chi connectivity index (χ2v) is 12.0. The van der Waals surface area contributed by atoms with Crippen molar-refractivity contribution in [1.82, 2.24) is 15.5 Å². The molecule has 0 bridgehead atoms. The summed E-state index contributed by atoms with van der Waals surface area (Å²) in [6.45, 7) is 9.71. The van der Waals surface area contributed by atoms with Gasteiger partial charge in [0.1, 0.15) is 11.4 Å². The number of hydrogen-bond acceptors (Lipinski definition) is 6. The van der Waals surface area contributed by atoms with Crippen LogP contribution < -0.4 is 20.3 Å². The van der Waals surface area contributed by atoms with Crippen molar-refractivity contribution in [3.8, 4) is 5.75 Å². The molecule has 4 rings (SSSR count). The lowest BCUT2D eigenvalue weighted by molar-refractivity contribution is -0.121. The third kappa shape index (κ3) is 8.84. The first-order chi connectivity index (χ1) is 19.6. The fraction of sp³-hybridized carbons (Fsp3) is 0.516. The van der Waals surface area contributed by atoms with Gasteiger partial charge in [-0.2, -0.15) is 0 Å². The number of para-hydroxylation sites is 2. The Hall–Kier alpha value is -3.30. The van der Waals surface area contributed by atoms with Gasteiger partial charge in [0.25, 0.3) is 11.8 Å². The van der Waals surface area contributed by atoms with Crippen LogP contribution in [0.25, 0.3) is 0 Å². The number of halogens is 1. The molecule has 2 heterocycles. The fourth-order valence-electron chi connectivity index (χ4n) is 5.24. The standard InChI is InChI=1S/C31H41ClN4O5/c1-31(2,3)41-30(39)34-15-7-6-14-33-29(38)25-20-23(32)10-11-24(25)22-12-16-35(17-13-22)18-19-36-26-8-4-5-9-27(26)40-21-28(36)37/h4-5,8-11,20,22H,6-7,12-19,21H2,1-3H3,(H,33,38)(H,34,39). The molecular formula is C31H41ClN4O5. The maximum Gasteiger partial charge on any atom is 0.407 e. The lowest BCUT2D eigenvalue weighted by atomic mass is 9.86. The van der Waals surface area contributed by atoms with Gasteiger partial charge in [-0.3, -0.25) is 9.59 Å². The SMILES string of the molecule is CC(C)(C)OC(=O)NCCCCNC(=O)c1cc(Cl)ccc1C1CCN(CCN2C(=O)COc3ccccc32)CC1. The molecule has 0 saturated carbocycles. The number of anilines is 1. The van der Waals surface area contributed by atoms with E-state index >= 15 is 0 Å². The fourth-order valence-corrected chi connectivity index (χ4v) is 5.41. The molecule has 9 nitrogen and oxygen atoms in total. The maximum atomic E-state index is 13.1. The summed E-state index contributed by atoms with van der Waals surface area (Å²) in [7, 11) is 0. The first-order valence-electron chi connectivity index (χ1n) is 14.4. The van der Waals surface area contributed by atoms with Crippen LogP contribution in [0.4, 0.5) is 10.5 Å². The monoisotopic (exact) mass is 584 g/mol. The summed E-state index contributed by atoms with van der Waals surface area (Å²) in [4.78, 5) is 41.6. The van der Waals surface area contributed by atoms with Crippen molar-refractivity contribution >= 4 is 35.2 Å². The Morgan fingerprint density at radius 1 is 1.02 bits per heavy atom. The van der Waals surface area contributed by atoms with Crippen LogP contribution in [0.3, 0.4) is 0 Å². The van der Waals surface area contributed by atoms with Crippen molar-refractivity contribution < 1.29 is 23.9 Å². The van der Waals surface area contributed by atoms with Crippen molar-refractivity contribution in [2.75, 3.05) is 50.8 Å². The van der Waals surface area contributed by atoms with Crippen molar-refractivity contribution in [2.45, 2.75) is 58.0 Å². The number of carbonyl (C=O) groups is 3. The summed E-state index contributed by atoms with van der Waals surface area (Å²) >= 11 is 6.28. The molecule has 2 aromatic carbocycles. The second-order valence-electron chi connectivity index (χ2n) is 11.5. The molecule has 0 atom stereocenters. The normalized spacial score (nSPS) is 16.1. The average Bonchev–Trinajstić information content (AvgIpc) is 2.93. The number of ether oxygens (including phenoxy) is 2. The minimum absolute atomic E-state index is 0.0188. The van der Waals surface area contributed by atoms with E-state index in [4.69, 9.17) is 21.1 Å². The average molecular weight is 585 g/mol. The number of hydrogen-bond donors (Lipinski definition) is 2. The van der Waals surface area contributed by atoms with E-state index in [9.17, 15) is 14.4 Å². The molecule has 2 aromatic rings. The number of amides is 3. The van der Waals surface area contributed by atoms with E-state index in [0.717, 1.165) is 62.3 Å². The molecule has 0 radical (unpaired) electrons. The molecule has 3 amide bonds. The molecule has 0 aliphatic carbocycles.